The van der Waals surface area contributed by atoms with Gasteiger partial charge in [-0.1, -0.05) is 54.6 Å². The van der Waals surface area contributed by atoms with Crippen molar-refractivity contribution < 1.29 is 19.1 Å². The van der Waals surface area contributed by atoms with Gasteiger partial charge in [0.1, 0.15) is 5.75 Å². The van der Waals surface area contributed by atoms with E-state index < -0.39 is 0 Å². The van der Waals surface area contributed by atoms with E-state index in [0.29, 0.717) is 39.2 Å². The predicted octanol–water partition coefficient (Wildman–Crippen LogP) is 4.35. The van der Waals surface area contributed by atoms with E-state index in [9.17, 15) is 14.4 Å². The molecule has 2 N–H and O–H groups in total. The molecule has 0 unspecified atom stereocenters. The van der Waals surface area contributed by atoms with Crippen LogP contribution >= 0.6 is 0 Å². The van der Waals surface area contributed by atoms with Crippen LogP contribution < -0.4 is 20.3 Å². The van der Waals surface area contributed by atoms with Crippen molar-refractivity contribution in [2.75, 3.05) is 31.1 Å². The number of hydrogen-bond acceptors (Lipinski definition) is 5. The number of nitrogens with zero attached hydrogens (tertiary/aromatic N) is 2. The summed E-state index contributed by atoms with van der Waals surface area (Å²) in [5, 5.41) is 6.08. The van der Waals surface area contributed by atoms with Crippen LogP contribution in [0.25, 0.3) is 0 Å². The van der Waals surface area contributed by atoms with Gasteiger partial charge in [-0.15, -0.1) is 0 Å². The lowest BCUT2D eigenvalue weighted by Crippen LogP contribution is -2.37. The van der Waals surface area contributed by atoms with Crippen molar-refractivity contribution in [3.63, 3.8) is 0 Å². The molecular formula is C34H40N4O4. The molecule has 2 aliphatic heterocycles. The van der Waals surface area contributed by atoms with Gasteiger partial charge in [0, 0.05) is 50.4 Å². The Kier molecular flexibility index (Phi) is 10.2. The summed E-state index contributed by atoms with van der Waals surface area (Å²) in [7, 11) is 0. The molecule has 1 fully saturated rings. The van der Waals surface area contributed by atoms with Gasteiger partial charge >= 0.3 is 0 Å². The Labute approximate surface area is 248 Å². The highest BCUT2D eigenvalue weighted by atomic mass is 16.5. The van der Waals surface area contributed by atoms with E-state index in [1.54, 1.807) is 0 Å². The van der Waals surface area contributed by atoms with Crippen LogP contribution in [0.4, 0.5) is 5.69 Å². The highest BCUT2D eigenvalue weighted by molar-refractivity contribution is 5.95. The van der Waals surface area contributed by atoms with E-state index >= 15 is 0 Å². The van der Waals surface area contributed by atoms with Crippen LogP contribution in [0, 0.1) is 0 Å². The van der Waals surface area contributed by atoms with Crippen LogP contribution in [-0.4, -0.2) is 48.9 Å². The van der Waals surface area contributed by atoms with Gasteiger partial charge < -0.3 is 20.3 Å². The summed E-state index contributed by atoms with van der Waals surface area (Å²) in [6, 6.07) is 23.9. The maximum absolute atomic E-state index is 13.0. The molecule has 42 heavy (non-hydrogen) atoms. The summed E-state index contributed by atoms with van der Waals surface area (Å²) in [5.41, 5.74) is 4.82. The molecule has 0 aliphatic carbocycles. The Balaban J connectivity index is 1.27. The average Bonchev–Trinajstić information content (AvgIpc) is 3.43. The van der Waals surface area contributed by atoms with Gasteiger partial charge in [0.2, 0.25) is 17.7 Å². The summed E-state index contributed by atoms with van der Waals surface area (Å²) >= 11 is 0. The molecule has 0 radical (unpaired) electrons. The topological polar surface area (TPSA) is 91.0 Å². The lowest BCUT2D eigenvalue weighted by molar-refractivity contribution is -0.122. The third kappa shape index (κ3) is 8.42. The van der Waals surface area contributed by atoms with Gasteiger partial charge in [-0.25, -0.2) is 0 Å². The SMILES string of the molecule is O=C(Cc1ccc2c(c1)CN(Cc1ccccc1)CC(=O)NCCCCCO2)NCc1cccc(N2CCCC2=O)c1. The molecule has 3 aromatic carbocycles. The van der Waals surface area contributed by atoms with Crippen LogP contribution in [0.2, 0.25) is 0 Å². The molecule has 0 bridgehead atoms. The molecule has 2 heterocycles. The minimum absolute atomic E-state index is 0.0151. The van der Waals surface area contributed by atoms with Gasteiger partial charge in [-0.05, 0) is 60.6 Å². The number of amides is 3. The standard InChI is InChI=1S/C34H40N4O4/c39-32(36-22-28-11-7-12-30(20-28)38-17-8-13-34(38)41)21-27-14-15-31-29(19-27)24-37(23-26-9-3-1-4-10-26)25-33(40)35-16-5-2-6-18-42-31/h1,3-4,7,9-12,14-15,19-20H,2,5-6,8,13,16-18,21-25H2,(H,35,40)(H,36,39). The summed E-state index contributed by atoms with van der Waals surface area (Å²) < 4.78 is 6.19. The van der Waals surface area contributed by atoms with E-state index in [1.807, 2.05) is 65.6 Å². The lowest BCUT2D eigenvalue weighted by atomic mass is 10.1. The van der Waals surface area contributed by atoms with Gasteiger partial charge in [-0.2, -0.15) is 0 Å². The first-order valence-corrected chi connectivity index (χ1v) is 15.0. The number of hydrogen-bond donors (Lipinski definition) is 2. The number of nitrogens with one attached hydrogen (secondary N) is 2. The molecule has 0 aromatic heterocycles. The van der Waals surface area contributed by atoms with Gasteiger partial charge in [-0.3, -0.25) is 19.3 Å². The molecule has 220 valence electrons. The van der Waals surface area contributed by atoms with Crippen LogP contribution in [0.3, 0.4) is 0 Å². The third-order valence-electron chi connectivity index (χ3n) is 7.69. The van der Waals surface area contributed by atoms with Crippen LogP contribution in [0.1, 0.15) is 54.4 Å². The number of carbonyl (C=O) groups is 3. The fourth-order valence-corrected chi connectivity index (χ4v) is 5.53. The quantitative estimate of drug-likeness (QED) is 0.442. The molecule has 0 saturated carbocycles. The summed E-state index contributed by atoms with van der Waals surface area (Å²) in [4.78, 5) is 41.8. The van der Waals surface area contributed by atoms with Crippen molar-refractivity contribution in [1.82, 2.24) is 15.5 Å². The van der Waals surface area contributed by atoms with E-state index in [2.05, 4.69) is 27.7 Å². The normalized spacial score (nSPS) is 16.8. The van der Waals surface area contributed by atoms with Crippen molar-refractivity contribution >= 4 is 23.4 Å². The first-order chi connectivity index (χ1) is 20.5. The molecule has 8 nitrogen and oxygen atoms in total. The zero-order chi connectivity index (χ0) is 29.1. The molecule has 0 spiro atoms. The minimum Gasteiger partial charge on any atom is -0.493 e. The largest absolute Gasteiger partial charge is 0.493 e. The molecule has 3 aromatic rings. The molecule has 5 rings (SSSR count). The van der Waals surface area contributed by atoms with Crippen molar-refractivity contribution in [3.8, 4) is 5.75 Å². The van der Waals surface area contributed by atoms with Crippen LogP contribution in [0.15, 0.2) is 72.8 Å². The van der Waals surface area contributed by atoms with Crippen molar-refractivity contribution in [2.45, 2.75) is 58.2 Å². The summed E-state index contributed by atoms with van der Waals surface area (Å²) in [6.45, 7) is 3.84. The first kappa shape index (κ1) is 29.3. The second kappa shape index (κ2) is 14.6. The maximum atomic E-state index is 13.0. The molecule has 8 heteroatoms. The zero-order valence-electron chi connectivity index (χ0n) is 24.1. The van der Waals surface area contributed by atoms with Crippen LogP contribution in [-0.2, 0) is 40.4 Å². The Hall–Kier alpha value is -4.17. The third-order valence-corrected chi connectivity index (χ3v) is 7.69. The van der Waals surface area contributed by atoms with Crippen LogP contribution in [0.5, 0.6) is 5.75 Å². The van der Waals surface area contributed by atoms with E-state index in [4.69, 9.17) is 4.74 Å². The predicted molar refractivity (Wildman–Crippen MR) is 163 cm³/mol. The monoisotopic (exact) mass is 568 g/mol. The fraction of sp³-hybridized carbons (Fsp3) is 0.382. The Morgan fingerprint density at radius 2 is 1.71 bits per heavy atom. The van der Waals surface area contributed by atoms with Gasteiger partial charge in [0.05, 0.1) is 19.6 Å². The van der Waals surface area contributed by atoms with Gasteiger partial charge in [0.15, 0.2) is 0 Å². The van der Waals surface area contributed by atoms with E-state index in [-0.39, 0.29) is 30.7 Å². The minimum atomic E-state index is -0.0799. The van der Waals surface area contributed by atoms with Crippen molar-refractivity contribution in [1.29, 1.82) is 0 Å². The molecule has 1 saturated heterocycles. The fourth-order valence-electron chi connectivity index (χ4n) is 5.53. The number of benzene rings is 3. The number of rotatable bonds is 7. The zero-order valence-corrected chi connectivity index (χ0v) is 24.1. The van der Waals surface area contributed by atoms with E-state index in [1.165, 1.54) is 0 Å². The van der Waals surface area contributed by atoms with Gasteiger partial charge in [0.25, 0.3) is 0 Å². The molecular weight excluding hydrogens is 528 g/mol. The lowest BCUT2D eigenvalue weighted by Gasteiger charge is -2.23. The Morgan fingerprint density at radius 1 is 0.857 bits per heavy atom. The first-order valence-electron chi connectivity index (χ1n) is 15.0. The average molecular weight is 569 g/mol. The number of fused-ring (bicyclic) bond motifs is 1. The number of carbonyl (C=O) groups excluding carboxylic acids is 3. The molecule has 2 aliphatic rings. The Bertz CT molecular complexity index is 1380. The van der Waals surface area contributed by atoms with Crippen molar-refractivity contribution in [2.24, 2.45) is 0 Å². The number of anilines is 1. The highest BCUT2D eigenvalue weighted by Gasteiger charge is 2.22. The second-order valence-corrected chi connectivity index (χ2v) is 11.1. The highest BCUT2D eigenvalue weighted by Crippen LogP contribution is 2.25. The maximum Gasteiger partial charge on any atom is 0.234 e. The molecule has 0 atom stereocenters. The second-order valence-electron chi connectivity index (χ2n) is 11.1. The van der Waals surface area contributed by atoms with E-state index in [0.717, 1.165) is 65.9 Å². The Morgan fingerprint density at radius 3 is 2.55 bits per heavy atom. The number of ether oxygens (including phenoxy) is 1. The summed E-state index contributed by atoms with van der Waals surface area (Å²) in [5.74, 6) is 0.880. The summed E-state index contributed by atoms with van der Waals surface area (Å²) in [6.07, 6.45) is 4.53. The molecule has 3 amide bonds. The van der Waals surface area contributed by atoms with Crippen molar-refractivity contribution in [3.05, 3.63) is 95.1 Å². The smallest absolute Gasteiger partial charge is 0.234 e.